The Kier molecular flexibility index (Phi) is 8.53. The second kappa shape index (κ2) is 9.33. The summed E-state index contributed by atoms with van der Waals surface area (Å²) >= 11 is 3.76. The number of halogens is 1. The van der Waals surface area contributed by atoms with Crippen molar-refractivity contribution >= 4 is 15.9 Å². The van der Waals surface area contributed by atoms with Gasteiger partial charge in [-0.05, 0) is 51.1 Å². The van der Waals surface area contributed by atoms with Crippen molar-refractivity contribution in [3.63, 3.8) is 0 Å². The van der Waals surface area contributed by atoms with Crippen molar-refractivity contribution in [3.05, 3.63) is 0 Å². The van der Waals surface area contributed by atoms with Gasteiger partial charge in [-0.2, -0.15) is 0 Å². The highest BCUT2D eigenvalue weighted by atomic mass is 79.9. The maximum Gasteiger partial charge on any atom is 0.0431 e. The number of unbranched alkanes of at least 4 members (excludes halogenated alkanes) is 2. The standard InChI is InChI=1S/C15H30BrNO/c1-17(11-7-4-8-12-18)14-15(13-16)9-5-2-3-6-10-15/h18H,2-14H2,1H3. The van der Waals surface area contributed by atoms with Gasteiger partial charge in [0, 0.05) is 18.5 Å². The van der Waals surface area contributed by atoms with Gasteiger partial charge in [0.25, 0.3) is 0 Å². The molecule has 0 aromatic rings. The summed E-state index contributed by atoms with van der Waals surface area (Å²) in [5.41, 5.74) is 0.516. The highest BCUT2D eigenvalue weighted by Crippen LogP contribution is 2.37. The van der Waals surface area contributed by atoms with Crippen LogP contribution in [0, 0.1) is 5.41 Å². The Balaban J connectivity index is 2.31. The van der Waals surface area contributed by atoms with Crippen LogP contribution in [0.3, 0.4) is 0 Å². The number of hydrogen-bond donors (Lipinski definition) is 1. The molecule has 1 saturated carbocycles. The lowest BCUT2D eigenvalue weighted by molar-refractivity contribution is 0.172. The number of aliphatic hydroxyl groups is 1. The molecule has 108 valence electrons. The quantitative estimate of drug-likeness (QED) is 0.417. The van der Waals surface area contributed by atoms with Crippen LogP contribution >= 0.6 is 15.9 Å². The normalized spacial score (nSPS) is 20.0. The van der Waals surface area contributed by atoms with E-state index in [0.29, 0.717) is 12.0 Å². The predicted molar refractivity (Wildman–Crippen MR) is 82.4 cm³/mol. The van der Waals surface area contributed by atoms with Gasteiger partial charge in [-0.3, -0.25) is 0 Å². The van der Waals surface area contributed by atoms with Crippen molar-refractivity contribution in [3.8, 4) is 0 Å². The minimum absolute atomic E-state index is 0.342. The van der Waals surface area contributed by atoms with Crippen LogP contribution in [-0.4, -0.2) is 42.1 Å². The third-order valence-electron chi connectivity index (χ3n) is 4.25. The fraction of sp³-hybridized carbons (Fsp3) is 1.00. The molecule has 0 atom stereocenters. The Morgan fingerprint density at radius 2 is 1.72 bits per heavy atom. The van der Waals surface area contributed by atoms with Crippen molar-refractivity contribution in [2.75, 3.05) is 32.1 Å². The Bertz CT molecular complexity index is 203. The highest BCUT2D eigenvalue weighted by molar-refractivity contribution is 9.09. The molecule has 1 rings (SSSR count). The first-order valence-corrected chi connectivity index (χ1v) is 8.70. The second-order valence-electron chi connectivity index (χ2n) is 6.07. The predicted octanol–water partition coefficient (Wildman–Crippen LogP) is 3.82. The van der Waals surface area contributed by atoms with Crippen LogP contribution in [0.25, 0.3) is 0 Å². The van der Waals surface area contributed by atoms with E-state index >= 15 is 0 Å². The number of nitrogens with zero attached hydrogens (tertiary/aromatic N) is 1. The van der Waals surface area contributed by atoms with E-state index in [1.54, 1.807) is 0 Å². The number of rotatable bonds is 8. The molecule has 18 heavy (non-hydrogen) atoms. The first-order chi connectivity index (χ1) is 8.72. The fourth-order valence-electron chi connectivity index (χ4n) is 3.13. The van der Waals surface area contributed by atoms with Crippen LogP contribution < -0.4 is 0 Å². The average Bonchev–Trinajstić information content (AvgIpc) is 2.61. The van der Waals surface area contributed by atoms with Gasteiger partial charge in [0.1, 0.15) is 0 Å². The van der Waals surface area contributed by atoms with Gasteiger partial charge in [0.05, 0.1) is 0 Å². The van der Waals surface area contributed by atoms with Crippen LogP contribution in [0.2, 0.25) is 0 Å². The lowest BCUT2D eigenvalue weighted by Gasteiger charge is -2.35. The molecule has 0 amide bonds. The second-order valence-corrected chi connectivity index (χ2v) is 6.63. The first kappa shape index (κ1) is 16.5. The summed E-state index contributed by atoms with van der Waals surface area (Å²) in [7, 11) is 2.26. The lowest BCUT2D eigenvalue weighted by Crippen LogP contribution is -2.37. The summed E-state index contributed by atoms with van der Waals surface area (Å²) in [4.78, 5) is 2.50. The van der Waals surface area contributed by atoms with E-state index in [0.717, 1.165) is 18.2 Å². The molecular formula is C15H30BrNO. The molecule has 0 saturated heterocycles. The van der Waals surface area contributed by atoms with Crippen LogP contribution in [-0.2, 0) is 0 Å². The molecule has 3 heteroatoms. The fourth-order valence-corrected chi connectivity index (χ4v) is 3.87. The van der Waals surface area contributed by atoms with Gasteiger partial charge < -0.3 is 10.0 Å². The van der Waals surface area contributed by atoms with E-state index in [2.05, 4.69) is 27.9 Å². The van der Waals surface area contributed by atoms with E-state index in [4.69, 9.17) is 5.11 Å². The summed E-state index contributed by atoms with van der Waals surface area (Å²) in [6.45, 7) is 2.75. The van der Waals surface area contributed by atoms with Crippen molar-refractivity contribution in [2.24, 2.45) is 5.41 Å². The Morgan fingerprint density at radius 3 is 2.28 bits per heavy atom. The number of alkyl halides is 1. The van der Waals surface area contributed by atoms with Gasteiger partial charge >= 0.3 is 0 Å². The minimum atomic E-state index is 0.342. The Labute approximate surface area is 121 Å². The zero-order valence-electron chi connectivity index (χ0n) is 12.0. The van der Waals surface area contributed by atoms with Gasteiger partial charge in [0.2, 0.25) is 0 Å². The van der Waals surface area contributed by atoms with Crippen LogP contribution in [0.1, 0.15) is 57.8 Å². The molecule has 0 aromatic carbocycles. The molecule has 1 aliphatic carbocycles. The maximum absolute atomic E-state index is 8.78. The lowest BCUT2D eigenvalue weighted by atomic mass is 9.82. The SMILES string of the molecule is CN(CCCCCO)CC1(CBr)CCCCCC1. The first-order valence-electron chi connectivity index (χ1n) is 7.58. The zero-order valence-corrected chi connectivity index (χ0v) is 13.6. The van der Waals surface area contributed by atoms with E-state index < -0.39 is 0 Å². The van der Waals surface area contributed by atoms with Crippen molar-refractivity contribution < 1.29 is 5.11 Å². The number of aliphatic hydroxyl groups excluding tert-OH is 1. The molecule has 1 fully saturated rings. The molecule has 0 radical (unpaired) electrons. The van der Waals surface area contributed by atoms with Gasteiger partial charge in [-0.25, -0.2) is 0 Å². The molecule has 0 spiro atoms. The van der Waals surface area contributed by atoms with Gasteiger partial charge in [-0.15, -0.1) is 0 Å². The van der Waals surface area contributed by atoms with Crippen molar-refractivity contribution in [1.29, 1.82) is 0 Å². The van der Waals surface area contributed by atoms with Crippen molar-refractivity contribution in [1.82, 2.24) is 4.90 Å². The third-order valence-corrected chi connectivity index (χ3v) is 5.44. The Hall–Kier alpha value is 0.400. The highest BCUT2D eigenvalue weighted by Gasteiger charge is 2.30. The molecule has 1 aliphatic rings. The summed E-state index contributed by atoms with van der Waals surface area (Å²) in [5.74, 6) is 0. The smallest absolute Gasteiger partial charge is 0.0431 e. The van der Waals surface area contributed by atoms with E-state index in [9.17, 15) is 0 Å². The molecule has 0 bridgehead atoms. The third kappa shape index (κ3) is 6.03. The number of hydrogen-bond acceptors (Lipinski definition) is 2. The zero-order chi connectivity index (χ0) is 13.3. The molecule has 1 N–H and O–H groups in total. The summed E-state index contributed by atoms with van der Waals surface area (Å²) in [5, 5.41) is 9.94. The Morgan fingerprint density at radius 1 is 1.06 bits per heavy atom. The average molecular weight is 320 g/mol. The molecule has 0 aliphatic heterocycles. The van der Waals surface area contributed by atoms with E-state index in [1.165, 1.54) is 58.0 Å². The van der Waals surface area contributed by atoms with Crippen LogP contribution in [0.4, 0.5) is 0 Å². The summed E-state index contributed by atoms with van der Waals surface area (Å²) in [6, 6.07) is 0. The van der Waals surface area contributed by atoms with Gasteiger partial charge in [0.15, 0.2) is 0 Å². The summed E-state index contributed by atoms with van der Waals surface area (Å²) < 4.78 is 0. The van der Waals surface area contributed by atoms with Crippen molar-refractivity contribution in [2.45, 2.75) is 57.8 Å². The molecule has 0 unspecified atom stereocenters. The maximum atomic E-state index is 8.78. The topological polar surface area (TPSA) is 23.5 Å². The van der Waals surface area contributed by atoms with Gasteiger partial charge in [-0.1, -0.05) is 41.6 Å². The monoisotopic (exact) mass is 319 g/mol. The molecule has 0 aromatic heterocycles. The molecule has 2 nitrogen and oxygen atoms in total. The van der Waals surface area contributed by atoms with Crippen LogP contribution in [0.15, 0.2) is 0 Å². The largest absolute Gasteiger partial charge is 0.396 e. The minimum Gasteiger partial charge on any atom is -0.396 e. The summed E-state index contributed by atoms with van der Waals surface area (Å²) in [6.07, 6.45) is 11.8. The van der Waals surface area contributed by atoms with E-state index in [-0.39, 0.29) is 0 Å². The van der Waals surface area contributed by atoms with Crippen LogP contribution in [0.5, 0.6) is 0 Å². The molecule has 0 heterocycles. The van der Waals surface area contributed by atoms with E-state index in [1.807, 2.05) is 0 Å². The molecular weight excluding hydrogens is 290 g/mol.